The van der Waals surface area contributed by atoms with Crippen LogP contribution in [-0.2, 0) is 12.7 Å². The first-order valence-electron chi connectivity index (χ1n) is 6.66. The third kappa shape index (κ3) is 3.09. The highest BCUT2D eigenvalue weighted by atomic mass is 32.2. The largest absolute Gasteiger partial charge is 0.416 e. The summed E-state index contributed by atoms with van der Waals surface area (Å²) in [5.41, 5.74) is 0.905. The van der Waals surface area contributed by atoms with Gasteiger partial charge in [0, 0.05) is 23.2 Å². The molecule has 0 saturated carbocycles. The highest BCUT2D eigenvalue weighted by Gasteiger charge is 2.33. The molecule has 1 aliphatic heterocycles. The van der Waals surface area contributed by atoms with Crippen molar-refractivity contribution in [2.24, 2.45) is 0 Å². The lowest BCUT2D eigenvalue weighted by molar-refractivity contribution is -0.138. The smallest absolute Gasteiger partial charge is 0.305 e. The third-order valence-corrected chi connectivity index (χ3v) is 4.74. The van der Waals surface area contributed by atoms with Crippen molar-refractivity contribution in [2.75, 3.05) is 5.75 Å². The van der Waals surface area contributed by atoms with Gasteiger partial charge in [0.2, 0.25) is 0 Å². The number of rotatable bonds is 3. The van der Waals surface area contributed by atoms with Crippen LogP contribution in [0.25, 0.3) is 0 Å². The summed E-state index contributed by atoms with van der Waals surface area (Å²) >= 11 is 1.74. The lowest BCUT2D eigenvalue weighted by atomic mass is 10.1. The highest BCUT2D eigenvalue weighted by Crippen LogP contribution is 2.38. The van der Waals surface area contributed by atoms with Gasteiger partial charge in [0.1, 0.15) is 0 Å². The summed E-state index contributed by atoms with van der Waals surface area (Å²) in [4.78, 5) is 1.21. The minimum atomic E-state index is -4.30. The number of nitrogens with one attached hydrogen (secondary N) is 1. The Kier molecular flexibility index (Phi) is 3.95. The minimum absolute atomic E-state index is 0.104. The topological polar surface area (TPSA) is 12.0 Å². The van der Waals surface area contributed by atoms with Crippen LogP contribution in [0.1, 0.15) is 22.7 Å². The maximum absolute atomic E-state index is 13.0. The summed E-state index contributed by atoms with van der Waals surface area (Å²) in [5.74, 6) is 0.855. The number of thioether (sulfide) groups is 1. The van der Waals surface area contributed by atoms with Crippen LogP contribution in [0.2, 0.25) is 0 Å². The van der Waals surface area contributed by atoms with Crippen molar-refractivity contribution in [1.29, 1.82) is 0 Å². The van der Waals surface area contributed by atoms with Gasteiger partial charge in [0.15, 0.2) is 0 Å². The van der Waals surface area contributed by atoms with Gasteiger partial charge in [-0.05, 0) is 23.3 Å². The van der Waals surface area contributed by atoms with E-state index in [4.69, 9.17) is 0 Å². The molecular formula is C16H14F3NS. The van der Waals surface area contributed by atoms with Gasteiger partial charge >= 0.3 is 6.18 Å². The standard InChI is InChI=1S/C16H14F3NS/c17-16(18,19)13-7-3-1-5-11(13)9-20-14-10-21-15-8-4-2-6-12(14)15/h1-8,14,20H,9-10H2. The molecule has 0 aliphatic carbocycles. The second-order valence-electron chi connectivity index (χ2n) is 4.94. The SMILES string of the molecule is FC(F)(F)c1ccccc1CNC1CSc2ccccc21. The Morgan fingerprint density at radius 1 is 1.05 bits per heavy atom. The van der Waals surface area contributed by atoms with Gasteiger partial charge in [-0.1, -0.05) is 36.4 Å². The van der Waals surface area contributed by atoms with Gasteiger partial charge in [0.25, 0.3) is 0 Å². The van der Waals surface area contributed by atoms with Crippen LogP contribution in [-0.4, -0.2) is 5.75 Å². The van der Waals surface area contributed by atoms with Crippen LogP contribution >= 0.6 is 11.8 Å². The van der Waals surface area contributed by atoms with E-state index >= 15 is 0 Å². The number of alkyl halides is 3. The fraction of sp³-hybridized carbons (Fsp3) is 0.250. The Morgan fingerprint density at radius 2 is 1.76 bits per heavy atom. The van der Waals surface area contributed by atoms with Crippen LogP contribution in [0.5, 0.6) is 0 Å². The van der Waals surface area contributed by atoms with Crippen molar-refractivity contribution < 1.29 is 13.2 Å². The van der Waals surface area contributed by atoms with Crippen LogP contribution in [0, 0.1) is 0 Å². The first-order valence-corrected chi connectivity index (χ1v) is 7.64. The third-order valence-electron chi connectivity index (χ3n) is 3.56. The minimum Gasteiger partial charge on any atom is -0.305 e. The Bertz CT molecular complexity index is 639. The summed E-state index contributed by atoms with van der Waals surface area (Å²) in [5, 5.41) is 3.25. The van der Waals surface area contributed by atoms with Crippen LogP contribution in [0.4, 0.5) is 13.2 Å². The molecule has 0 spiro atoms. The van der Waals surface area contributed by atoms with E-state index in [1.54, 1.807) is 17.8 Å². The van der Waals surface area contributed by atoms with E-state index in [1.807, 2.05) is 24.3 Å². The molecule has 1 N–H and O–H groups in total. The van der Waals surface area contributed by atoms with Gasteiger partial charge in [-0.3, -0.25) is 0 Å². The lowest BCUT2D eigenvalue weighted by Gasteiger charge is -2.16. The Balaban J connectivity index is 1.75. The van der Waals surface area contributed by atoms with Crippen molar-refractivity contribution in [1.82, 2.24) is 5.32 Å². The molecule has 0 fully saturated rings. The number of hydrogen-bond acceptors (Lipinski definition) is 2. The Labute approximate surface area is 125 Å². The normalized spacial score (nSPS) is 17.8. The van der Waals surface area contributed by atoms with E-state index in [0.29, 0.717) is 5.56 Å². The Hall–Kier alpha value is -1.46. The molecule has 1 aliphatic rings. The molecule has 1 heterocycles. The van der Waals surface area contributed by atoms with E-state index in [1.165, 1.54) is 22.6 Å². The number of hydrogen-bond donors (Lipinski definition) is 1. The zero-order valence-electron chi connectivity index (χ0n) is 11.2. The zero-order valence-corrected chi connectivity index (χ0v) is 12.0. The van der Waals surface area contributed by atoms with Crippen LogP contribution in [0.3, 0.4) is 0 Å². The molecule has 0 aromatic heterocycles. The first-order chi connectivity index (χ1) is 10.1. The summed E-state index contributed by atoms with van der Waals surface area (Å²) in [6, 6.07) is 13.9. The average Bonchev–Trinajstić information content (AvgIpc) is 2.88. The second-order valence-corrected chi connectivity index (χ2v) is 6.00. The molecule has 3 rings (SSSR count). The summed E-state index contributed by atoms with van der Waals surface area (Å²) in [6.07, 6.45) is -4.30. The molecule has 1 nitrogen and oxygen atoms in total. The maximum atomic E-state index is 13.0. The molecule has 0 bridgehead atoms. The van der Waals surface area contributed by atoms with Gasteiger partial charge in [-0.15, -0.1) is 11.8 Å². The van der Waals surface area contributed by atoms with Crippen molar-refractivity contribution in [3.05, 3.63) is 65.2 Å². The van der Waals surface area contributed by atoms with Crippen LogP contribution in [0.15, 0.2) is 53.4 Å². The van der Waals surface area contributed by atoms with E-state index in [9.17, 15) is 13.2 Å². The van der Waals surface area contributed by atoms with Gasteiger partial charge in [-0.2, -0.15) is 13.2 Å². The fourth-order valence-electron chi connectivity index (χ4n) is 2.52. The predicted molar refractivity (Wildman–Crippen MR) is 78.2 cm³/mol. The molecule has 110 valence electrons. The molecule has 2 aromatic rings. The van der Waals surface area contributed by atoms with Crippen molar-refractivity contribution >= 4 is 11.8 Å². The van der Waals surface area contributed by atoms with Crippen molar-refractivity contribution in [3.63, 3.8) is 0 Å². The van der Waals surface area contributed by atoms with Gasteiger partial charge in [-0.25, -0.2) is 0 Å². The molecular weight excluding hydrogens is 295 g/mol. The number of halogens is 3. The molecule has 21 heavy (non-hydrogen) atoms. The molecule has 1 unspecified atom stereocenters. The highest BCUT2D eigenvalue weighted by molar-refractivity contribution is 7.99. The van der Waals surface area contributed by atoms with Crippen LogP contribution < -0.4 is 5.32 Å². The summed E-state index contributed by atoms with van der Waals surface area (Å²) in [7, 11) is 0. The summed E-state index contributed by atoms with van der Waals surface area (Å²) in [6.45, 7) is 0.218. The van der Waals surface area contributed by atoms with E-state index < -0.39 is 11.7 Å². The maximum Gasteiger partial charge on any atom is 0.416 e. The lowest BCUT2D eigenvalue weighted by Crippen LogP contribution is -2.22. The monoisotopic (exact) mass is 309 g/mol. The van der Waals surface area contributed by atoms with Gasteiger partial charge < -0.3 is 5.32 Å². The predicted octanol–water partition coefficient (Wildman–Crippen LogP) is 4.64. The van der Waals surface area contributed by atoms with E-state index in [0.717, 1.165) is 11.8 Å². The second kappa shape index (κ2) is 5.73. The summed E-state index contributed by atoms with van der Waals surface area (Å²) < 4.78 is 38.9. The molecule has 1 atom stereocenters. The molecule has 5 heteroatoms. The zero-order chi connectivity index (χ0) is 14.9. The quantitative estimate of drug-likeness (QED) is 0.886. The molecule has 0 amide bonds. The number of benzene rings is 2. The first kappa shape index (κ1) is 14.5. The van der Waals surface area contributed by atoms with Gasteiger partial charge in [0.05, 0.1) is 5.56 Å². The van der Waals surface area contributed by atoms with E-state index in [2.05, 4.69) is 5.32 Å². The van der Waals surface area contributed by atoms with Crippen molar-refractivity contribution in [3.8, 4) is 0 Å². The molecule has 2 aromatic carbocycles. The fourth-order valence-corrected chi connectivity index (χ4v) is 3.71. The van der Waals surface area contributed by atoms with Crippen molar-refractivity contribution in [2.45, 2.75) is 23.7 Å². The molecule has 0 saturated heterocycles. The number of fused-ring (bicyclic) bond motifs is 1. The molecule has 0 radical (unpaired) electrons. The average molecular weight is 309 g/mol. The van der Waals surface area contributed by atoms with E-state index in [-0.39, 0.29) is 12.6 Å². The Morgan fingerprint density at radius 3 is 2.57 bits per heavy atom.